The van der Waals surface area contributed by atoms with Crippen LogP contribution in [0.2, 0.25) is 0 Å². The zero-order chi connectivity index (χ0) is 19.1. The third-order valence-corrected chi connectivity index (χ3v) is 4.54. The molecule has 3 nitrogen and oxygen atoms in total. The molecule has 3 rings (SSSR count). The van der Waals surface area contributed by atoms with Crippen molar-refractivity contribution < 1.29 is 9.47 Å². The minimum Gasteiger partial charge on any atom is -0.493 e. The summed E-state index contributed by atoms with van der Waals surface area (Å²) in [6, 6.07) is 25.5. The first-order chi connectivity index (χ1) is 13.2. The summed E-state index contributed by atoms with van der Waals surface area (Å²) in [5, 5.41) is 9.52. The van der Waals surface area contributed by atoms with Gasteiger partial charge in [-0.05, 0) is 47.0 Å². The van der Waals surface area contributed by atoms with Crippen molar-refractivity contribution in [2.75, 3.05) is 7.11 Å². The molecular weight excluding hydrogens is 402 g/mol. The Hall–Kier alpha value is -3.03. The van der Waals surface area contributed by atoms with E-state index in [1.54, 1.807) is 7.11 Å². The average Bonchev–Trinajstić information content (AvgIpc) is 2.72. The number of rotatable bonds is 6. The van der Waals surface area contributed by atoms with Crippen LogP contribution in [0.5, 0.6) is 11.5 Å². The fourth-order valence-electron chi connectivity index (χ4n) is 2.60. The Balaban J connectivity index is 1.82. The molecule has 3 aromatic carbocycles. The molecular formula is C23H18BrNO2. The molecule has 0 aliphatic heterocycles. The topological polar surface area (TPSA) is 42.2 Å². The Kier molecular flexibility index (Phi) is 6.30. The van der Waals surface area contributed by atoms with Crippen LogP contribution in [0.4, 0.5) is 0 Å². The quantitative estimate of drug-likeness (QED) is 0.357. The van der Waals surface area contributed by atoms with Crippen LogP contribution in [-0.4, -0.2) is 7.11 Å². The van der Waals surface area contributed by atoms with Crippen molar-refractivity contribution in [2.45, 2.75) is 6.61 Å². The minimum atomic E-state index is 0.467. The molecule has 3 aromatic rings. The number of hydrogen-bond acceptors (Lipinski definition) is 3. The number of benzene rings is 3. The standard InChI is InChI=1S/C23H18BrNO2/c1-26-23-14-18(13-20(15-25)19-8-10-21(24)11-9-19)7-12-22(23)27-16-17-5-3-2-4-6-17/h2-14H,16H2,1H3/b20-13+. The highest BCUT2D eigenvalue weighted by atomic mass is 79.9. The molecule has 27 heavy (non-hydrogen) atoms. The molecule has 0 saturated heterocycles. The summed E-state index contributed by atoms with van der Waals surface area (Å²) >= 11 is 3.41. The first-order valence-corrected chi connectivity index (χ1v) is 9.21. The van der Waals surface area contributed by atoms with Gasteiger partial charge in [-0.1, -0.05) is 64.5 Å². The van der Waals surface area contributed by atoms with Gasteiger partial charge in [0.1, 0.15) is 6.61 Å². The first kappa shape index (κ1) is 18.8. The summed E-state index contributed by atoms with van der Waals surface area (Å²) in [6.07, 6.45) is 1.84. The fraction of sp³-hybridized carbons (Fsp3) is 0.0870. The van der Waals surface area contributed by atoms with E-state index in [2.05, 4.69) is 22.0 Å². The summed E-state index contributed by atoms with van der Waals surface area (Å²) in [5.74, 6) is 1.30. The normalized spacial score (nSPS) is 10.9. The van der Waals surface area contributed by atoms with E-state index in [1.807, 2.05) is 78.9 Å². The molecule has 0 aliphatic rings. The molecule has 0 radical (unpaired) electrons. The number of hydrogen-bond donors (Lipinski definition) is 0. The molecule has 0 amide bonds. The number of ether oxygens (including phenoxy) is 2. The predicted octanol–water partition coefficient (Wildman–Crippen LogP) is 6.10. The summed E-state index contributed by atoms with van der Waals surface area (Å²) in [6.45, 7) is 0.467. The summed E-state index contributed by atoms with van der Waals surface area (Å²) in [7, 11) is 1.61. The van der Waals surface area contributed by atoms with Crippen molar-refractivity contribution >= 4 is 27.6 Å². The van der Waals surface area contributed by atoms with Gasteiger partial charge in [0.05, 0.1) is 18.8 Å². The van der Waals surface area contributed by atoms with Gasteiger partial charge >= 0.3 is 0 Å². The van der Waals surface area contributed by atoms with Crippen LogP contribution in [0.3, 0.4) is 0 Å². The van der Waals surface area contributed by atoms with Crippen molar-refractivity contribution in [1.29, 1.82) is 5.26 Å². The highest BCUT2D eigenvalue weighted by molar-refractivity contribution is 9.10. The summed E-state index contributed by atoms with van der Waals surface area (Å²) in [4.78, 5) is 0. The van der Waals surface area contributed by atoms with E-state index in [0.717, 1.165) is 21.2 Å². The second kappa shape index (κ2) is 9.07. The summed E-state index contributed by atoms with van der Waals surface area (Å²) < 4.78 is 12.3. The van der Waals surface area contributed by atoms with E-state index in [9.17, 15) is 5.26 Å². The molecule has 0 saturated carbocycles. The van der Waals surface area contributed by atoms with E-state index >= 15 is 0 Å². The highest BCUT2D eigenvalue weighted by Gasteiger charge is 2.07. The number of nitriles is 1. The number of methoxy groups -OCH3 is 1. The van der Waals surface area contributed by atoms with E-state index < -0.39 is 0 Å². The molecule has 0 spiro atoms. The molecule has 0 aliphatic carbocycles. The van der Waals surface area contributed by atoms with Gasteiger partial charge in [0.2, 0.25) is 0 Å². The summed E-state index contributed by atoms with van der Waals surface area (Å²) in [5.41, 5.74) is 3.41. The van der Waals surface area contributed by atoms with Gasteiger partial charge in [-0.2, -0.15) is 5.26 Å². The van der Waals surface area contributed by atoms with Crippen LogP contribution in [-0.2, 0) is 6.61 Å². The molecule has 0 atom stereocenters. The van der Waals surface area contributed by atoms with Gasteiger partial charge in [-0.25, -0.2) is 0 Å². The zero-order valence-corrected chi connectivity index (χ0v) is 16.4. The Morgan fingerprint density at radius 1 is 1.00 bits per heavy atom. The molecule has 0 heterocycles. The van der Waals surface area contributed by atoms with Crippen LogP contribution >= 0.6 is 15.9 Å². The molecule has 0 fully saturated rings. The van der Waals surface area contributed by atoms with Crippen molar-refractivity contribution in [2.24, 2.45) is 0 Å². The Morgan fingerprint density at radius 3 is 2.41 bits per heavy atom. The SMILES string of the molecule is COc1cc(/C=C(\C#N)c2ccc(Br)cc2)ccc1OCc1ccccc1. The lowest BCUT2D eigenvalue weighted by molar-refractivity contribution is 0.284. The third-order valence-electron chi connectivity index (χ3n) is 4.01. The van der Waals surface area contributed by atoms with E-state index in [-0.39, 0.29) is 0 Å². The average molecular weight is 420 g/mol. The molecule has 0 bridgehead atoms. The van der Waals surface area contributed by atoms with Crippen molar-refractivity contribution in [3.8, 4) is 17.6 Å². The molecule has 0 aromatic heterocycles. The Morgan fingerprint density at radius 2 is 1.74 bits per heavy atom. The number of halogens is 1. The second-order valence-electron chi connectivity index (χ2n) is 5.86. The Bertz CT molecular complexity index is 974. The van der Waals surface area contributed by atoms with Crippen molar-refractivity contribution in [3.63, 3.8) is 0 Å². The van der Waals surface area contributed by atoms with Gasteiger partial charge in [0, 0.05) is 4.47 Å². The predicted molar refractivity (Wildman–Crippen MR) is 111 cm³/mol. The molecule has 0 unspecified atom stereocenters. The number of nitrogens with zero attached hydrogens (tertiary/aromatic N) is 1. The zero-order valence-electron chi connectivity index (χ0n) is 14.9. The molecule has 0 N–H and O–H groups in total. The monoisotopic (exact) mass is 419 g/mol. The number of allylic oxidation sites excluding steroid dienone is 1. The van der Waals surface area contributed by atoms with Crippen LogP contribution in [0.15, 0.2) is 77.3 Å². The van der Waals surface area contributed by atoms with Gasteiger partial charge in [-0.3, -0.25) is 0 Å². The maximum absolute atomic E-state index is 9.52. The first-order valence-electron chi connectivity index (χ1n) is 8.42. The van der Waals surface area contributed by atoms with Gasteiger partial charge < -0.3 is 9.47 Å². The Labute approximate surface area is 167 Å². The molecule has 4 heteroatoms. The minimum absolute atomic E-state index is 0.467. The van der Waals surface area contributed by atoms with Gasteiger partial charge in [-0.15, -0.1) is 0 Å². The lowest BCUT2D eigenvalue weighted by atomic mass is 10.0. The lowest BCUT2D eigenvalue weighted by Gasteiger charge is -2.11. The van der Waals surface area contributed by atoms with Crippen molar-refractivity contribution in [3.05, 3.63) is 94.0 Å². The second-order valence-corrected chi connectivity index (χ2v) is 6.78. The van der Waals surface area contributed by atoms with Gasteiger partial charge in [0.15, 0.2) is 11.5 Å². The largest absolute Gasteiger partial charge is 0.493 e. The van der Waals surface area contributed by atoms with E-state index in [1.165, 1.54) is 0 Å². The van der Waals surface area contributed by atoms with Crippen LogP contribution in [0, 0.1) is 11.3 Å². The lowest BCUT2D eigenvalue weighted by Crippen LogP contribution is -1.97. The van der Waals surface area contributed by atoms with Crippen LogP contribution in [0.1, 0.15) is 16.7 Å². The maximum Gasteiger partial charge on any atom is 0.161 e. The van der Waals surface area contributed by atoms with Crippen LogP contribution < -0.4 is 9.47 Å². The fourth-order valence-corrected chi connectivity index (χ4v) is 2.87. The highest BCUT2D eigenvalue weighted by Crippen LogP contribution is 2.30. The van der Waals surface area contributed by atoms with Crippen molar-refractivity contribution in [1.82, 2.24) is 0 Å². The van der Waals surface area contributed by atoms with E-state index in [4.69, 9.17) is 9.47 Å². The van der Waals surface area contributed by atoms with E-state index in [0.29, 0.717) is 23.7 Å². The van der Waals surface area contributed by atoms with Crippen LogP contribution in [0.25, 0.3) is 11.6 Å². The molecule has 134 valence electrons. The van der Waals surface area contributed by atoms with Gasteiger partial charge in [0.25, 0.3) is 0 Å². The maximum atomic E-state index is 9.52. The smallest absolute Gasteiger partial charge is 0.161 e. The third kappa shape index (κ3) is 4.99.